The Balaban J connectivity index is 1.92. The molecule has 1 unspecified atom stereocenters. The Kier molecular flexibility index (Phi) is 3.97. The summed E-state index contributed by atoms with van der Waals surface area (Å²) in [5.41, 5.74) is 3.18. The van der Waals surface area contributed by atoms with Crippen LogP contribution in [-0.2, 0) is 6.54 Å². The van der Waals surface area contributed by atoms with E-state index in [0.29, 0.717) is 5.56 Å². The smallest absolute Gasteiger partial charge is 0.254 e. The van der Waals surface area contributed by atoms with Gasteiger partial charge in [-0.1, -0.05) is 31.9 Å². The molecule has 2 aromatic rings. The lowest BCUT2D eigenvalue weighted by molar-refractivity contribution is 0.0642. The summed E-state index contributed by atoms with van der Waals surface area (Å²) < 4.78 is 4.11. The van der Waals surface area contributed by atoms with Gasteiger partial charge in [0, 0.05) is 39.0 Å². The van der Waals surface area contributed by atoms with Crippen molar-refractivity contribution in [3.05, 3.63) is 56.2 Å². The molecule has 0 radical (unpaired) electrons. The van der Waals surface area contributed by atoms with E-state index in [-0.39, 0.29) is 11.9 Å². The molecular formula is C16H16Br2N2O. The lowest BCUT2D eigenvalue weighted by Gasteiger charge is -2.35. The maximum absolute atomic E-state index is 12.8. The molecule has 110 valence electrons. The van der Waals surface area contributed by atoms with E-state index in [4.69, 9.17) is 0 Å². The first-order valence-corrected chi connectivity index (χ1v) is 8.49. The Morgan fingerprint density at radius 1 is 1.14 bits per heavy atom. The van der Waals surface area contributed by atoms with Gasteiger partial charge in [0.05, 0.1) is 6.04 Å². The van der Waals surface area contributed by atoms with E-state index in [1.807, 2.05) is 23.1 Å². The highest BCUT2D eigenvalue weighted by Gasteiger charge is 2.29. The molecule has 0 aliphatic carbocycles. The van der Waals surface area contributed by atoms with Gasteiger partial charge in [-0.15, -0.1) is 0 Å². The number of carbonyl (C=O) groups is 1. The highest BCUT2D eigenvalue weighted by Crippen LogP contribution is 2.29. The normalized spacial score (nSPS) is 17.7. The van der Waals surface area contributed by atoms with Crippen LogP contribution in [-0.4, -0.2) is 21.9 Å². The van der Waals surface area contributed by atoms with Crippen molar-refractivity contribution in [2.45, 2.75) is 26.4 Å². The van der Waals surface area contributed by atoms with Crippen LogP contribution >= 0.6 is 31.9 Å². The molecule has 0 saturated heterocycles. The Labute approximate surface area is 141 Å². The van der Waals surface area contributed by atoms with E-state index < -0.39 is 0 Å². The number of rotatable bonds is 1. The fraction of sp³-hybridized carbons (Fsp3) is 0.312. The zero-order chi connectivity index (χ0) is 15.1. The number of benzene rings is 1. The fourth-order valence-corrected chi connectivity index (χ4v) is 4.24. The highest BCUT2D eigenvalue weighted by molar-refractivity contribution is 9.11. The number of carbonyl (C=O) groups excluding carboxylic acids is 1. The summed E-state index contributed by atoms with van der Waals surface area (Å²) >= 11 is 6.89. The maximum atomic E-state index is 12.8. The monoisotopic (exact) mass is 410 g/mol. The Morgan fingerprint density at radius 2 is 1.81 bits per heavy atom. The number of aryl methyl sites for hydroxylation is 1. The van der Waals surface area contributed by atoms with Crippen molar-refractivity contribution in [3.8, 4) is 0 Å². The van der Waals surface area contributed by atoms with E-state index >= 15 is 0 Å². The number of aromatic nitrogens is 1. The predicted molar refractivity (Wildman–Crippen MR) is 90.5 cm³/mol. The van der Waals surface area contributed by atoms with Gasteiger partial charge in [0.1, 0.15) is 0 Å². The summed E-state index contributed by atoms with van der Waals surface area (Å²) in [4.78, 5) is 14.8. The molecule has 5 heteroatoms. The molecule has 1 aromatic heterocycles. The Hall–Kier alpha value is -1.07. The highest BCUT2D eigenvalue weighted by atomic mass is 79.9. The molecule has 0 spiro atoms. The number of hydrogen-bond acceptors (Lipinski definition) is 1. The molecule has 3 nitrogen and oxygen atoms in total. The summed E-state index contributed by atoms with van der Waals surface area (Å²) in [6, 6.07) is 10.0. The SMILES string of the molecule is Cc1ccc2n1CCN(C(=O)c1cc(Br)cc(Br)c1)C2C. The molecule has 1 aliphatic rings. The van der Waals surface area contributed by atoms with Crippen LogP contribution in [0.5, 0.6) is 0 Å². The fourth-order valence-electron chi connectivity index (χ4n) is 2.94. The molecule has 1 aromatic carbocycles. The molecule has 0 saturated carbocycles. The van der Waals surface area contributed by atoms with Gasteiger partial charge in [-0.25, -0.2) is 0 Å². The number of hydrogen-bond donors (Lipinski definition) is 0. The number of halogens is 2. The van der Waals surface area contributed by atoms with Crippen LogP contribution in [0.15, 0.2) is 39.3 Å². The van der Waals surface area contributed by atoms with Crippen LogP contribution in [0.2, 0.25) is 0 Å². The summed E-state index contributed by atoms with van der Waals surface area (Å²) in [6.45, 7) is 5.81. The van der Waals surface area contributed by atoms with E-state index in [1.165, 1.54) is 11.4 Å². The van der Waals surface area contributed by atoms with Gasteiger partial charge in [-0.05, 0) is 44.2 Å². The Morgan fingerprint density at radius 3 is 2.48 bits per heavy atom. The van der Waals surface area contributed by atoms with E-state index in [1.54, 1.807) is 0 Å². The first kappa shape index (κ1) is 14.9. The minimum Gasteiger partial charge on any atom is -0.345 e. The largest absolute Gasteiger partial charge is 0.345 e. The second-order valence-corrected chi connectivity index (χ2v) is 7.22. The number of amides is 1. The van der Waals surface area contributed by atoms with Crippen LogP contribution < -0.4 is 0 Å². The molecule has 1 aliphatic heterocycles. The zero-order valence-corrected chi connectivity index (χ0v) is 15.1. The van der Waals surface area contributed by atoms with Crippen molar-refractivity contribution in [1.29, 1.82) is 0 Å². The van der Waals surface area contributed by atoms with Crippen molar-refractivity contribution in [2.75, 3.05) is 6.54 Å². The molecule has 1 atom stereocenters. The number of nitrogens with zero attached hydrogens (tertiary/aromatic N) is 2. The quantitative estimate of drug-likeness (QED) is 0.676. The summed E-state index contributed by atoms with van der Waals surface area (Å²) in [7, 11) is 0. The maximum Gasteiger partial charge on any atom is 0.254 e. The molecule has 0 bridgehead atoms. The first-order chi connectivity index (χ1) is 9.97. The standard InChI is InChI=1S/C16H16Br2N2O/c1-10-3-4-15-11(2)20(6-5-19(10)15)16(21)12-7-13(17)9-14(18)8-12/h3-4,7-9,11H,5-6H2,1-2H3. The van der Waals surface area contributed by atoms with Crippen LogP contribution in [0.1, 0.15) is 34.7 Å². The zero-order valence-electron chi connectivity index (χ0n) is 11.9. The average Bonchev–Trinajstić information content (AvgIpc) is 2.80. The predicted octanol–water partition coefficient (Wildman–Crippen LogP) is 4.54. The van der Waals surface area contributed by atoms with Crippen molar-refractivity contribution in [1.82, 2.24) is 9.47 Å². The Bertz CT molecular complexity index is 688. The average molecular weight is 412 g/mol. The summed E-state index contributed by atoms with van der Waals surface area (Å²) in [5.74, 6) is 0.0783. The molecule has 0 fully saturated rings. The molecule has 3 rings (SSSR count). The second kappa shape index (κ2) is 5.61. The van der Waals surface area contributed by atoms with Crippen molar-refractivity contribution < 1.29 is 4.79 Å². The minimum atomic E-state index is 0.0783. The molecule has 21 heavy (non-hydrogen) atoms. The molecule has 1 amide bonds. The molecule has 0 N–H and O–H groups in total. The van der Waals surface area contributed by atoms with E-state index in [9.17, 15) is 4.79 Å². The summed E-state index contributed by atoms with van der Waals surface area (Å²) in [5, 5.41) is 0. The van der Waals surface area contributed by atoms with Crippen LogP contribution in [0.4, 0.5) is 0 Å². The third kappa shape index (κ3) is 2.69. The first-order valence-electron chi connectivity index (χ1n) is 6.90. The lowest BCUT2D eigenvalue weighted by Crippen LogP contribution is -2.41. The van der Waals surface area contributed by atoms with Gasteiger partial charge in [0.2, 0.25) is 0 Å². The van der Waals surface area contributed by atoms with E-state index in [2.05, 4.69) is 62.4 Å². The molecular weight excluding hydrogens is 396 g/mol. The van der Waals surface area contributed by atoms with Gasteiger partial charge in [-0.3, -0.25) is 4.79 Å². The van der Waals surface area contributed by atoms with Gasteiger partial charge < -0.3 is 9.47 Å². The van der Waals surface area contributed by atoms with Gasteiger partial charge >= 0.3 is 0 Å². The lowest BCUT2D eigenvalue weighted by atomic mass is 10.1. The van der Waals surface area contributed by atoms with Crippen LogP contribution in [0.3, 0.4) is 0 Å². The van der Waals surface area contributed by atoms with Crippen LogP contribution in [0.25, 0.3) is 0 Å². The van der Waals surface area contributed by atoms with Crippen molar-refractivity contribution >= 4 is 37.8 Å². The topological polar surface area (TPSA) is 25.2 Å². The molecule has 2 heterocycles. The van der Waals surface area contributed by atoms with Gasteiger partial charge in [0.25, 0.3) is 5.91 Å². The minimum absolute atomic E-state index is 0.0783. The van der Waals surface area contributed by atoms with Gasteiger partial charge in [0.15, 0.2) is 0 Å². The third-order valence-corrected chi connectivity index (χ3v) is 4.98. The number of fused-ring (bicyclic) bond motifs is 1. The third-order valence-electron chi connectivity index (χ3n) is 4.06. The van der Waals surface area contributed by atoms with Crippen LogP contribution in [0, 0.1) is 6.92 Å². The second-order valence-electron chi connectivity index (χ2n) is 5.38. The summed E-state index contributed by atoms with van der Waals surface area (Å²) in [6.07, 6.45) is 0. The van der Waals surface area contributed by atoms with Crippen molar-refractivity contribution in [3.63, 3.8) is 0 Å². The van der Waals surface area contributed by atoms with Gasteiger partial charge in [-0.2, -0.15) is 0 Å². The van der Waals surface area contributed by atoms with E-state index in [0.717, 1.165) is 22.0 Å². The van der Waals surface area contributed by atoms with Crippen molar-refractivity contribution in [2.24, 2.45) is 0 Å².